The Balaban J connectivity index is 2.58. The maximum Gasteiger partial charge on any atom is 0.123 e. The molecule has 0 heterocycles. The number of hydrogen-bond donors (Lipinski definition) is 1. The summed E-state index contributed by atoms with van der Waals surface area (Å²) in [5, 5.41) is 3.37. The summed E-state index contributed by atoms with van der Waals surface area (Å²) < 4.78 is 13.3. The van der Waals surface area contributed by atoms with Crippen LogP contribution in [0.4, 0.5) is 4.39 Å². The maximum atomic E-state index is 13.3. The fourth-order valence-corrected chi connectivity index (χ4v) is 3.06. The molecule has 2 heteroatoms. The van der Waals surface area contributed by atoms with E-state index in [4.69, 9.17) is 0 Å². The van der Waals surface area contributed by atoms with Crippen LogP contribution in [0.15, 0.2) is 30.3 Å². The molecule has 2 aromatic carbocycles. The Morgan fingerprint density at radius 1 is 0.900 bits per heavy atom. The van der Waals surface area contributed by atoms with Gasteiger partial charge >= 0.3 is 0 Å². The van der Waals surface area contributed by atoms with Gasteiger partial charge in [0, 0.05) is 0 Å². The van der Waals surface area contributed by atoms with Crippen molar-refractivity contribution in [2.24, 2.45) is 0 Å². The average Bonchev–Trinajstić information content (AvgIpc) is 2.34. The zero-order valence-corrected chi connectivity index (χ0v) is 12.8. The molecular weight excluding hydrogens is 249 g/mol. The van der Waals surface area contributed by atoms with Gasteiger partial charge in [0.05, 0.1) is 6.04 Å². The van der Waals surface area contributed by atoms with E-state index in [9.17, 15) is 4.39 Å². The highest BCUT2D eigenvalue weighted by molar-refractivity contribution is 5.46. The molecule has 0 aromatic heterocycles. The molecular formula is C18H22FN. The lowest BCUT2D eigenvalue weighted by molar-refractivity contribution is 0.620. The molecule has 0 saturated heterocycles. The van der Waals surface area contributed by atoms with Crippen molar-refractivity contribution in [3.8, 4) is 0 Å². The molecule has 0 radical (unpaired) electrons. The summed E-state index contributed by atoms with van der Waals surface area (Å²) in [4.78, 5) is 0. The molecule has 106 valence electrons. The van der Waals surface area contributed by atoms with Gasteiger partial charge in [-0.1, -0.05) is 23.8 Å². The van der Waals surface area contributed by atoms with E-state index in [1.54, 1.807) is 6.07 Å². The minimum Gasteiger partial charge on any atom is -0.309 e. The molecule has 0 aliphatic rings. The number of halogens is 1. The first-order valence-corrected chi connectivity index (χ1v) is 6.95. The SMILES string of the molecule is CNC(c1ccc(F)cc1C)c1c(C)cc(C)cc1C. The molecule has 2 aromatic rings. The second-order valence-corrected chi connectivity index (χ2v) is 5.53. The summed E-state index contributed by atoms with van der Waals surface area (Å²) in [6.45, 7) is 8.35. The van der Waals surface area contributed by atoms with Gasteiger partial charge in [-0.25, -0.2) is 4.39 Å². The predicted molar refractivity (Wildman–Crippen MR) is 82.7 cm³/mol. The van der Waals surface area contributed by atoms with E-state index in [2.05, 4.69) is 38.2 Å². The highest BCUT2D eigenvalue weighted by Gasteiger charge is 2.18. The molecule has 2 rings (SSSR count). The van der Waals surface area contributed by atoms with Gasteiger partial charge in [0.2, 0.25) is 0 Å². The van der Waals surface area contributed by atoms with E-state index >= 15 is 0 Å². The zero-order chi connectivity index (χ0) is 14.9. The van der Waals surface area contributed by atoms with E-state index < -0.39 is 0 Å². The van der Waals surface area contributed by atoms with Crippen LogP contribution in [0.5, 0.6) is 0 Å². The molecule has 0 spiro atoms. The van der Waals surface area contributed by atoms with E-state index in [0.29, 0.717) is 0 Å². The summed E-state index contributed by atoms with van der Waals surface area (Å²) in [7, 11) is 1.95. The number of aryl methyl sites for hydroxylation is 4. The van der Waals surface area contributed by atoms with Gasteiger partial charge in [0.1, 0.15) is 5.82 Å². The Morgan fingerprint density at radius 3 is 2.00 bits per heavy atom. The Hall–Kier alpha value is -1.67. The smallest absolute Gasteiger partial charge is 0.123 e. The van der Waals surface area contributed by atoms with E-state index in [1.165, 1.54) is 28.3 Å². The van der Waals surface area contributed by atoms with Gasteiger partial charge in [0.25, 0.3) is 0 Å². The topological polar surface area (TPSA) is 12.0 Å². The highest BCUT2D eigenvalue weighted by atomic mass is 19.1. The van der Waals surface area contributed by atoms with Crippen molar-refractivity contribution in [1.82, 2.24) is 5.32 Å². The lowest BCUT2D eigenvalue weighted by atomic mass is 9.88. The normalized spacial score (nSPS) is 12.5. The predicted octanol–water partition coefficient (Wildman–Crippen LogP) is 4.37. The van der Waals surface area contributed by atoms with Gasteiger partial charge in [-0.3, -0.25) is 0 Å². The first-order chi connectivity index (χ1) is 9.43. The highest BCUT2D eigenvalue weighted by Crippen LogP contribution is 2.30. The van der Waals surface area contributed by atoms with Crippen molar-refractivity contribution in [3.63, 3.8) is 0 Å². The third-order valence-electron chi connectivity index (χ3n) is 3.86. The Bertz CT molecular complexity index is 608. The fourth-order valence-electron chi connectivity index (χ4n) is 3.06. The number of rotatable bonds is 3. The van der Waals surface area contributed by atoms with Crippen LogP contribution in [0.3, 0.4) is 0 Å². The molecule has 0 bridgehead atoms. The molecule has 0 amide bonds. The molecule has 1 nitrogen and oxygen atoms in total. The van der Waals surface area contributed by atoms with Crippen LogP contribution in [0, 0.1) is 33.5 Å². The van der Waals surface area contributed by atoms with E-state index in [0.717, 1.165) is 11.1 Å². The second kappa shape index (κ2) is 5.76. The third-order valence-corrected chi connectivity index (χ3v) is 3.86. The molecule has 0 aliphatic heterocycles. The third kappa shape index (κ3) is 2.75. The summed E-state index contributed by atoms with van der Waals surface area (Å²) in [6.07, 6.45) is 0. The molecule has 0 aliphatic carbocycles. The molecule has 1 N–H and O–H groups in total. The van der Waals surface area contributed by atoms with Crippen molar-refractivity contribution in [2.45, 2.75) is 33.7 Å². The van der Waals surface area contributed by atoms with Crippen LogP contribution in [-0.4, -0.2) is 7.05 Å². The Morgan fingerprint density at radius 2 is 1.50 bits per heavy atom. The first kappa shape index (κ1) is 14.7. The maximum absolute atomic E-state index is 13.3. The minimum atomic E-state index is -0.182. The number of nitrogens with one attached hydrogen (secondary N) is 1. The van der Waals surface area contributed by atoms with Gasteiger partial charge in [-0.05, 0) is 74.7 Å². The van der Waals surface area contributed by atoms with Gasteiger partial charge in [-0.2, -0.15) is 0 Å². The van der Waals surface area contributed by atoms with Crippen molar-refractivity contribution in [3.05, 3.63) is 69.5 Å². The van der Waals surface area contributed by atoms with Crippen molar-refractivity contribution < 1.29 is 4.39 Å². The lowest BCUT2D eigenvalue weighted by Gasteiger charge is -2.24. The van der Waals surface area contributed by atoms with Crippen LogP contribution < -0.4 is 5.32 Å². The van der Waals surface area contributed by atoms with Crippen molar-refractivity contribution >= 4 is 0 Å². The fraction of sp³-hybridized carbons (Fsp3) is 0.333. The van der Waals surface area contributed by atoms with Crippen molar-refractivity contribution in [1.29, 1.82) is 0 Å². The zero-order valence-electron chi connectivity index (χ0n) is 12.8. The summed E-state index contributed by atoms with van der Waals surface area (Å²) in [5.74, 6) is -0.182. The molecule has 1 atom stereocenters. The number of benzene rings is 2. The lowest BCUT2D eigenvalue weighted by Crippen LogP contribution is -2.21. The second-order valence-electron chi connectivity index (χ2n) is 5.53. The summed E-state index contributed by atoms with van der Waals surface area (Å²) in [5.41, 5.74) is 7.20. The van der Waals surface area contributed by atoms with Crippen molar-refractivity contribution in [2.75, 3.05) is 7.05 Å². The molecule has 20 heavy (non-hydrogen) atoms. The van der Waals surface area contributed by atoms with Crippen LogP contribution in [0.1, 0.15) is 39.4 Å². The summed E-state index contributed by atoms with van der Waals surface area (Å²) >= 11 is 0. The first-order valence-electron chi connectivity index (χ1n) is 6.95. The van der Waals surface area contributed by atoms with Gasteiger partial charge < -0.3 is 5.32 Å². The Labute approximate surface area is 120 Å². The van der Waals surface area contributed by atoms with Gasteiger partial charge in [0.15, 0.2) is 0 Å². The summed E-state index contributed by atoms with van der Waals surface area (Å²) in [6, 6.07) is 9.50. The largest absolute Gasteiger partial charge is 0.309 e. The van der Waals surface area contributed by atoms with Gasteiger partial charge in [-0.15, -0.1) is 0 Å². The number of hydrogen-bond acceptors (Lipinski definition) is 1. The average molecular weight is 271 g/mol. The van der Waals surface area contributed by atoms with Crippen LogP contribution in [-0.2, 0) is 0 Å². The quantitative estimate of drug-likeness (QED) is 0.874. The molecule has 1 unspecified atom stereocenters. The van der Waals surface area contributed by atoms with Crippen LogP contribution >= 0.6 is 0 Å². The van der Waals surface area contributed by atoms with E-state index in [1.807, 2.05) is 20.0 Å². The van der Waals surface area contributed by atoms with Crippen LogP contribution in [0.2, 0.25) is 0 Å². The standard InChI is InChI=1S/C18H22FN/c1-11-8-13(3)17(14(4)9-11)18(20-5)16-7-6-15(19)10-12(16)2/h6-10,18,20H,1-5H3. The van der Waals surface area contributed by atoms with E-state index in [-0.39, 0.29) is 11.9 Å². The minimum absolute atomic E-state index is 0.0937. The molecule has 0 saturated carbocycles. The monoisotopic (exact) mass is 271 g/mol. The Kier molecular flexibility index (Phi) is 4.24. The molecule has 0 fully saturated rings. The van der Waals surface area contributed by atoms with Crippen LogP contribution in [0.25, 0.3) is 0 Å².